The predicted octanol–water partition coefficient (Wildman–Crippen LogP) is 4.69. The molecule has 0 aromatic rings. The van der Waals surface area contributed by atoms with Gasteiger partial charge < -0.3 is 10.2 Å². The number of rotatable bonds is 12. The Kier molecular flexibility index (Phi) is 9.32. The summed E-state index contributed by atoms with van der Waals surface area (Å²) in [5.41, 5.74) is 0. The molecule has 0 aromatic heterocycles. The van der Waals surface area contributed by atoms with Gasteiger partial charge in [-0.3, -0.25) is 0 Å². The zero-order chi connectivity index (χ0) is 30.6. The van der Waals surface area contributed by atoms with Crippen molar-refractivity contribution in [1.29, 1.82) is 0 Å². The van der Waals surface area contributed by atoms with Crippen molar-refractivity contribution in [3.8, 4) is 0 Å². The summed E-state index contributed by atoms with van der Waals surface area (Å²) in [6, 6.07) is 0. The van der Waals surface area contributed by atoms with Crippen LogP contribution in [0.4, 0.5) is 74.6 Å². The maximum absolute atomic E-state index is 14.2. The van der Waals surface area contributed by atoms with Crippen molar-refractivity contribution in [2.24, 2.45) is 0 Å². The maximum atomic E-state index is 14.2. The third-order valence-corrected chi connectivity index (χ3v) is 6.42. The van der Waals surface area contributed by atoms with E-state index in [4.69, 9.17) is 5.11 Å². The van der Waals surface area contributed by atoms with Crippen LogP contribution in [0.15, 0.2) is 0 Å². The lowest BCUT2D eigenvalue weighted by Crippen LogP contribution is -2.75. The van der Waals surface area contributed by atoms with Crippen LogP contribution in [0, 0.1) is 0 Å². The first-order valence-electron chi connectivity index (χ1n) is 8.89. The molecule has 5 nitrogen and oxygen atoms in total. The highest BCUT2D eigenvalue weighted by molar-refractivity contribution is 7.90. The molecular weight excluding hydrogens is 601 g/mol. The summed E-state index contributed by atoms with van der Waals surface area (Å²) in [5, 5.41) is 10.7. The summed E-state index contributed by atoms with van der Waals surface area (Å²) in [7, 11) is -7.67. The highest BCUT2D eigenvalue weighted by atomic mass is 32.2. The third kappa shape index (κ3) is 4.80. The average molecular weight is 615 g/mol. The van der Waals surface area contributed by atoms with Crippen molar-refractivity contribution in [2.75, 3.05) is 6.54 Å². The van der Waals surface area contributed by atoms with Crippen molar-refractivity contribution in [1.82, 2.24) is 4.31 Å². The van der Waals surface area contributed by atoms with Gasteiger partial charge >= 0.3 is 47.0 Å². The lowest BCUT2D eigenvalue weighted by Gasteiger charge is -2.43. The molecule has 0 aliphatic carbocycles. The summed E-state index contributed by atoms with van der Waals surface area (Å²) in [6.07, 6.45) is -14.4. The second kappa shape index (κ2) is 9.68. The topological polar surface area (TPSA) is 77.8 Å². The van der Waals surface area contributed by atoms with E-state index in [0.29, 0.717) is 6.92 Å². The Balaban J connectivity index is 7.15. The number of hydrogen-bond donors (Lipinski definition) is 2. The molecule has 23 heteroatoms. The summed E-state index contributed by atoms with van der Waals surface area (Å²) in [4.78, 5) is 0. The van der Waals surface area contributed by atoms with E-state index >= 15 is 0 Å². The molecule has 0 rings (SSSR count). The van der Waals surface area contributed by atoms with E-state index in [1.54, 1.807) is 0 Å². The smallest absolute Gasteiger partial charge is 0.389 e. The predicted molar refractivity (Wildman–Crippen MR) is 84.3 cm³/mol. The van der Waals surface area contributed by atoms with E-state index in [-0.39, 0.29) is 0 Å². The van der Waals surface area contributed by atoms with Gasteiger partial charge in [0, 0.05) is 6.54 Å². The average Bonchev–Trinajstić information content (AvgIpc) is 2.69. The molecule has 2 atom stereocenters. The molecule has 0 aliphatic heterocycles. The molecular formula is C14H14F17NO4S. The minimum absolute atomic E-state index is 0.380. The highest BCUT2D eigenvalue weighted by Crippen LogP contribution is 2.64. The summed E-state index contributed by atoms with van der Waals surface area (Å²) < 4.78 is 249. The fraction of sp³-hybridized carbons (Fsp3) is 1.00. The van der Waals surface area contributed by atoms with Crippen LogP contribution in [-0.4, -0.2) is 88.8 Å². The lowest BCUT2D eigenvalue weighted by molar-refractivity contribution is -0.458. The van der Waals surface area contributed by atoms with Crippen LogP contribution >= 0.6 is 0 Å². The van der Waals surface area contributed by atoms with E-state index in [9.17, 15) is 88.2 Å². The molecule has 0 aliphatic rings. The van der Waals surface area contributed by atoms with Gasteiger partial charge in [-0.15, -0.1) is 0 Å². The van der Waals surface area contributed by atoms with Gasteiger partial charge in [-0.05, 0) is 13.3 Å². The first kappa shape index (κ1) is 35.6. The van der Waals surface area contributed by atoms with E-state index in [1.165, 1.54) is 0 Å². The van der Waals surface area contributed by atoms with Gasteiger partial charge in [-0.2, -0.15) is 78.9 Å². The minimum atomic E-state index is -8.95. The van der Waals surface area contributed by atoms with Crippen LogP contribution in [0.25, 0.3) is 0 Å². The van der Waals surface area contributed by atoms with E-state index < -0.39 is 86.6 Å². The Morgan fingerprint density at radius 3 is 1.19 bits per heavy atom. The monoisotopic (exact) mass is 615 g/mol. The van der Waals surface area contributed by atoms with E-state index in [2.05, 4.69) is 0 Å². The largest absolute Gasteiger partial charge is 0.460 e. The molecule has 0 radical (unpaired) electrons. The molecule has 2 unspecified atom stereocenters. The molecule has 0 aromatic carbocycles. The quantitative estimate of drug-likeness (QED) is 0.247. The number of hydrogen-bond acceptors (Lipinski definition) is 4. The maximum Gasteiger partial charge on any atom is 0.460 e. The summed E-state index contributed by atoms with van der Waals surface area (Å²) >= 11 is 0. The molecule has 0 fully saturated rings. The molecule has 37 heavy (non-hydrogen) atoms. The van der Waals surface area contributed by atoms with Gasteiger partial charge in [0.25, 0.3) is 10.0 Å². The number of nitrogens with zero attached hydrogens (tertiary/aromatic N) is 1. The normalized spacial score (nSPS) is 17.8. The molecule has 2 N–H and O–H groups in total. The van der Waals surface area contributed by atoms with Crippen LogP contribution < -0.4 is 0 Å². The van der Waals surface area contributed by atoms with Crippen molar-refractivity contribution in [3.05, 3.63) is 0 Å². The molecule has 0 saturated carbocycles. The van der Waals surface area contributed by atoms with Gasteiger partial charge in [0.2, 0.25) is 0 Å². The Bertz CT molecular complexity index is 915. The second-order valence-electron chi connectivity index (χ2n) is 7.23. The van der Waals surface area contributed by atoms with Crippen LogP contribution in [0.5, 0.6) is 0 Å². The molecule has 0 amide bonds. The van der Waals surface area contributed by atoms with Crippen LogP contribution in [0.1, 0.15) is 20.3 Å². The zero-order valence-electron chi connectivity index (χ0n) is 17.6. The molecule has 0 bridgehead atoms. The number of aliphatic hydroxyl groups excluding tert-OH is 2. The SMILES string of the molecule is CCCN(C(O)C(C)O)S(=O)(=O)C(F)(F)C(F)(F)C(F)(F)C(F)(F)C(F)(F)C(F)(F)C(F)(F)C(F)(F)F. The van der Waals surface area contributed by atoms with E-state index in [0.717, 1.165) is 6.92 Å². The number of halogens is 17. The zero-order valence-corrected chi connectivity index (χ0v) is 18.4. The molecule has 0 saturated heterocycles. The lowest BCUT2D eigenvalue weighted by atomic mass is 9.91. The van der Waals surface area contributed by atoms with E-state index in [1.807, 2.05) is 0 Å². The van der Waals surface area contributed by atoms with Crippen molar-refractivity contribution in [2.45, 2.75) is 79.6 Å². The van der Waals surface area contributed by atoms with Gasteiger partial charge in [-0.1, -0.05) is 6.92 Å². The second-order valence-corrected chi connectivity index (χ2v) is 9.16. The fourth-order valence-corrected chi connectivity index (χ4v) is 3.94. The summed E-state index contributed by atoms with van der Waals surface area (Å²) in [5.74, 6) is -52.2. The number of sulfonamides is 1. The third-order valence-electron chi connectivity index (χ3n) is 4.50. The minimum Gasteiger partial charge on any atom is -0.389 e. The van der Waals surface area contributed by atoms with Crippen LogP contribution in [-0.2, 0) is 10.0 Å². The van der Waals surface area contributed by atoms with Gasteiger partial charge in [0.1, 0.15) is 6.23 Å². The molecule has 224 valence electrons. The van der Waals surface area contributed by atoms with Gasteiger partial charge in [-0.25, -0.2) is 8.42 Å². The Morgan fingerprint density at radius 1 is 0.622 bits per heavy atom. The van der Waals surface area contributed by atoms with Crippen LogP contribution in [0.2, 0.25) is 0 Å². The Hall–Kier alpha value is -1.36. The van der Waals surface area contributed by atoms with Crippen LogP contribution in [0.3, 0.4) is 0 Å². The van der Waals surface area contributed by atoms with Gasteiger partial charge in [0.15, 0.2) is 0 Å². The first-order chi connectivity index (χ1) is 15.8. The number of alkyl halides is 17. The highest BCUT2D eigenvalue weighted by Gasteiger charge is 2.96. The Labute approximate surface area is 194 Å². The standard InChI is InChI=1S/C14H14F17NO4S/c1-3-4-32(6(34)5(2)33)37(35,36)14(30,31)12(25,26)10(21,22)8(17,18)7(15,16)9(19,20)11(23,24)13(27,28)29/h5-6,33-34H,3-4H2,1-2H3. The molecule has 0 heterocycles. The molecule has 0 spiro atoms. The van der Waals surface area contributed by atoms with Crippen molar-refractivity contribution >= 4 is 10.0 Å². The first-order valence-corrected chi connectivity index (χ1v) is 10.3. The number of aliphatic hydroxyl groups is 2. The fourth-order valence-electron chi connectivity index (χ4n) is 2.31. The van der Waals surface area contributed by atoms with Crippen molar-refractivity contribution < 1.29 is 93.3 Å². The van der Waals surface area contributed by atoms with Gasteiger partial charge in [0.05, 0.1) is 6.10 Å². The summed E-state index contributed by atoms with van der Waals surface area (Å²) in [6.45, 7) is -0.376. The van der Waals surface area contributed by atoms with Crippen molar-refractivity contribution in [3.63, 3.8) is 0 Å². The Morgan fingerprint density at radius 2 is 0.919 bits per heavy atom.